The normalized spacial score (nSPS) is 11.3. The van der Waals surface area contributed by atoms with Crippen molar-refractivity contribution in [2.45, 2.75) is 19.9 Å². The maximum Gasteiger partial charge on any atom is 0.409 e. The zero-order valence-corrected chi connectivity index (χ0v) is 17.3. The molecule has 1 amide bonds. The maximum absolute atomic E-state index is 11.1. The Bertz CT molecular complexity index is 1390. The fraction of sp³-hybridized carbons (Fsp3) is 0.150. The van der Waals surface area contributed by atoms with Gasteiger partial charge in [0.2, 0.25) is 0 Å². The standard InChI is InChI=1S/C20H18N8O2S/c1-2-14-15(26-20(29)30)9-28-18(14)19(22-11-24-28)25-13-3-4-16-12(7-13)8-23-27(16)10-17-21-5-6-31-17/h3-9,11,26H,2,10H2,1H3,(H,29,30)(H,22,24,25). The summed E-state index contributed by atoms with van der Waals surface area (Å²) in [5.41, 5.74) is 3.91. The van der Waals surface area contributed by atoms with Crippen molar-refractivity contribution in [2.75, 3.05) is 10.6 Å². The smallest absolute Gasteiger partial charge is 0.409 e. The molecule has 0 radical (unpaired) electrons. The third kappa shape index (κ3) is 3.55. The van der Waals surface area contributed by atoms with Crippen molar-refractivity contribution in [2.24, 2.45) is 0 Å². The first-order valence-electron chi connectivity index (χ1n) is 9.58. The summed E-state index contributed by atoms with van der Waals surface area (Å²) in [5.74, 6) is 0.597. The average Bonchev–Trinajstić information content (AvgIpc) is 3.47. The number of aryl methyl sites for hydroxylation is 1. The number of aromatic nitrogens is 6. The molecule has 11 heteroatoms. The first-order chi connectivity index (χ1) is 15.1. The van der Waals surface area contributed by atoms with E-state index >= 15 is 0 Å². The Kier molecular flexibility index (Phi) is 4.71. The molecule has 31 heavy (non-hydrogen) atoms. The molecule has 4 aromatic heterocycles. The highest BCUT2D eigenvalue weighted by atomic mass is 32.1. The maximum atomic E-state index is 11.1. The molecule has 0 aliphatic heterocycles. The highest BCUT2D eigenvalue weighted by Gasteiger charge is 2.16. The van der Waals surface area contributed by atoms with Crippen LogP contribution in [0.15, 0.2) is 48.5 Å². The second kappa shape index (κ2) is 7.69. The highest BCUT2D eigenvalue weighted by Crippen LogP contribution is 2.30. The molecule has 0 saturated carbocycles. The van der Waals surface area contributed by atoms with Gasteiger partial charge in [0, 0.05) is 28.2 Å². The van der Waals surface area contributed by atoms with Crippen LogP contribution >= 0.6 is 11.3 Å². The van der Waals surface area contributed by atoms with Gasteiger partial charge in [-0.25, -0.2) is 19.3 Å². The lowest BCUT2D eigenvalue weighted by molar-refractivity contribution is 0.209. The van der Waals surface area contributed by atoms with Gasteiger partial charge in [-0.1, -0.05) is 6.92 Å². The predicted molar refractivity (Wildman–Crippen MR) is 118 cm³/mol. The summed E-state index contributed by atoms with van der Waals surface area (Å²) in [7, 11) is 0. The molecule has 10 nitrogen and oxygen atoms in total. The number of carboxylic acid groups (broad SMARTS) is 1. The molecule has 0 saturated heterocycles. The molecule has 0 aliphatic rings. The quantitative estimate of drug-likeness (QED) is 0.369. The lowest BCUT2D eigenvalue weighted by atomic mass is 10.2. The third-order valence-corrected chi connectivity index (χ3v) is 5.71. The molecule has 156 valence electrons. The van der Waals surface area contributed by atoms with Crippen molar-refractivity contribution in [3.05, 3.63) is 59.1 Å². The monoisotopic (exact) mass is 434 g/mol. The third-order valence-electron chi connectivity index (χ3n) is 4.95. The molecule has 0 bridgehead atoms. The van der Waals surface area contributed by atoms with Crippen LogP contribution in [0.2, 0.25) is 0 Å². The topological polar surface area (TPSA) is 122 Å². The highest BCUT2D eigenvalue weighted by molar-refractivity contribution is 7.09. The van der Waals surface area contributed by atoms with Gasteiger partial charge >= 0.3 is 6.09 Å². The van der Waals surface area contributed by atoms with Gasteiger partial charge in [-0.05, 0) is 24.6 Å². The number of anilines is 3. The molecule has 0 unspecified atom stereocenters. The second-order valence-corrected chi connectivity index (χ2v) is 7.81. The minimum atomic E-state index is -1.12. The van der Waals surface area contributed by atoms with E-state index in [1.807, 2.05) is 41.4 Å². The minimum Gasteiger partial charge on any atom is -0.465 e. The zero-order chi connectivity index (χ0) is 21.4. The number of nitrogens with one attached hydrogen (secondary N) is 2. The number of hydrogen-bond acceptors (Lipinski definition) is 7. The summed E-state index contributed by atoms with van der Waals surface area (Å²) < 4.78 is 3.55. The van der Waals surface area contributed by atoms with Crippen LogP contribution in [0.3, 0.4) is 0 Å². The summed E-state index contributed by atoms with van der Waals surface area (Å²) in [6.07, 6.45) is 6.21. The van der Waals surface area contributed by atoms with Gasteiger partial charge in [0.1, 0.15) is 16.9 Å². The van der Waals surface area contributed by atoms with E-state index in [1.54, 1.807) is 28.2 Å². The van der Waals surface area contributed by atoms with Crippen molar-refractivity contribution in [3.8, 4) is 0 Å². The minimum absolute atomic E-state index is 0.498. The summed E-state index contributed by atoms with van der Waals surface area (Å²) >= 11 is 1.60. The van der Waals surface area contributed by atoms with Crippen LogP contribution in [0, 0.1) is 0 Å². The Labute approximate surface area is 180 Å². The van der Waals surface area contributed by atoms with E-state index in [9.17, 15) is 4.79 Å². The number of carbonyl (C=O) groups is 1. The van der Waals surface area contributed by atoms with Crippen LogP contribution in [-0.4, -0.2) is 40.6 Å². The van der Waals surface area contributed by atoms with Crippen molar-refractivity contribution in [3.63, 3.8) is 0 Å². The molecule has 3 N–H and O–H groups in total. The van der Waals surface area contributed by atoms with E-state index in [1.165, 1.54) is 6.33 Å². The second-order valence-electron chi connectivity index (χ2n) is 6.83. The number of nitrogens with zero attached hydrogens (tertiary/aromatic N) is 6. The van der Waals surface area contributed by atoms with E-state index in [0.29, 0.717) is 24.5 Å². The van der Waals surface area contributed by atoms with E-state index < -0.39 is 6.09 Å². The molecular formula is C20H18N8O2S. The van der Waals surface area contributed by atoms with Crippen molar-refractivity contribution in [1.29, 1.82) is 0 Å². The Balaban J connectivity index is 1.49. The molecule has 1 aromatic carbocycles. The molecule has 0 atom stereocenters. The largest absolute Gasteiger partial charge is 0.465 e. The lowest BCUT2D eigenvalue weighted by Gasteiger charge is -2.09. The van der Waals surface area contributed by atoms with Gasteiger partial charge in [-0.2, -0.15) is 10.2 Å². The average molecular weight is 434 g/mol. The van der Waals surface area contributed by atoms with E-state index in [2.05, 4.69) is 30.8 Å². The van der Waals surface area contributed by atoms with Crippen molar-refractivity contribution >= 4 is 51.0 Å². The molecule has 5 rings (SSSR count). The SMILES string of the molecule is CCc1c(NC(=O)O)cn2ncnc(Nc3ccc4c(cnn4Cc4nccs4)c3)c12. The Hall–Kier alpha value is -3.99. The van der Waals surface area contributed by atoms with E-state index in [0.717, 1.165) is 32.7 Å². The van der Waals surface area contributed by atoms with E-state index in [-0.39, 0.29) is 0 Å². The fourth-order valence-corrected chi connectivity index (χ4v) is 4.23. The zero-order valence-electron chi connectivity index (χ0n) is 16.5. The first kappa shape index (κ1) is 19.0. The number of fused-ring (bicyclic) bond motifs is 2. The Morgan fingerprint density at radius 2 is 2.16 bits per heavy atom. The fourth-order valence-electron chi connectivity index (χ4n) is 3.63. The van der Waals surface area contributed by atoms with Crippen LogP contribution < -0.4 is 10.6 Å². The van der Waals surface area contributed by atoms with Crippen LogP contribution in [0.4, 0.5) is 22.0 Å². The van der Waals surface area contributed by atoms with Gasteiger partial charge in [0.25, 0.3) is 0 Å². The van der Waals surface area contributed by atoms with Crippen LogP contribution in [-0.2, 0) is 13.0 Å². The van der Waals surface area contributed by atoms with Crippen molar-refractivity contribution in [1.82, 2.24) is 29.4 Å². The summed E-state index contributed by atoms with van der Waals surface area (Å²) in [6.45, 7) is 2.59. The number of benzene rings is 1. The van der Waals surface area contributed by atoms with Gasteiger partial charge in [0.05, 0.1) is 30.1 Å². The van der Waals surface area contributed by atoms with E-state index in [4.69, 9.17) is 5.11 Å². The predicted octanol–water partition coefficient (Wildman–Crippen LogP) is 3.98. The van der Waals surface area contributed by atoms with Gasteiger partial charge in [-0.3, -0.25) is 10.00 Å². The molecule has 0 aliphatic carbocycles. The van der Waals surface area contributed by atoms with Gasteiger partial charge in [0.15, 0.2) is 5.82 Å². The molecule has 4 heterocycles. The first-order valence-corrected chi connectivity index (χ1v) is 10.5. The summed E-state index contributed by atoms with van der Waals surface area (Å²) in [4.78, 5) is 19.8. The molecule has 0 fully saturated rings. The number of rotatable bonds is 6. The van der Waals surface area contributed by atoms with Gasteiger partial charge < -0.3 is 10.4 Å². The molecule has 5 aromatic rings. The summed E-state index contributed by atoms with van der Waals surface area (Å²) in [5, 5.41) is 27.6. The van der Waals surface area contributed by atoms with Crippen LogP contribution in [0.25, 0.3) is 16.4 Å². The molecule has 0 spiro atoms. The number of amides is 1. The lowest BCUT2D eigenvalue weighted by Crippen LogP contribution is -2.07. The van der Waals surface area contributed by atoms with Crippen molar-refractivity contribution < 1.29 is 9.90 Å². The van der Waals surface area contributed by atoms with Gasteiger partial charge in [-0.15, -0.1) is 11.3 Å². The number of thiazole rings is 1. The Morgan fingerprint density at radius 3 is 2.94 bits per heavy atom. The van der Waals surface area contributed by atoms with Crippen LogP contribution in [0.1, 0.15) is 17.5 Å². The molecular weight excluding hydrogens is 416 g/mol. The number of hydrogen-bond donors (Lipinski definition) is 3. The summed E-state index contributed by atoms with van der Waals surface area (Å²) in [6, 6.07) is 5.98. The van der Waals surface area contributed by atoms with Crippen LogP contribution in [0.5, 0.6) is 0 Å². The Morgan fingerprint density at radius 1 is 1.26 bits per heavy atom.